The van der Waals surface area contributed by atoms with Gasteiger partial charge in [0.05, 0.1) is 23.2 Å². The van der Waals surface area contributed by atoms with Crippen molar-refractivity contribution < 1.29 is 4.43 Å². The average Bonchev–Trinajstić information content (AvgIpc) is 3.37. The molecule has 1 heterocycles. The van der Waals surface area contributed by atoms with E-state index >= 15 is 0 Å². The van der Waals surface area contributed by atoms with Gasteiger partial charge in [-0.05, 0) is 43.1 Å². The number of fused-ring (bicyclic) bond motifs is 1. The topological polar surface area (TPSA) is 58.2 Å². The monoisotopic (exact) mass is 373 g/mol. The summed E-state index contributed by atoms with van der Waals surface area (Å²) < 4.78 is 6.28. The normalized spacial score (nSPS) is 15.5. The number of H-pyrrole nitrogens is 1. The van der Waals surface area contributed by atoms with Crippen LogP contribution in [0.1, 0.15) is 45.4 Å². The third-order valence-electron chi connectivity index (χ3n) is 5.80. The molecule has 2 aromatic rings. The molecule has 0 unspecified atom stereocenters. The molecule has 1 saturated carbocycles. The molecule has 0 atom stereocenters. The second kappa shape index (κ2) is 6.81. The first kappa shape index (κ1) is 19.1. The summed E-state index contributed by atoms with van der Waals surface area (Å²) in [5, 5.41) is 0.873. The lowest BCUT2D eigenvalue weighted by Crippen LogP contribution is -2.42. The summed E-state index contributed by atoms with van der Waals surface area (Å²) in [6.07, 6.45) is 2.25. The van der Waals surface area contributed by atoms with E-state index in [4.69, 9.17) is 4.43 Å². The van der Waals surface area contributed by atoms with E-state index in [9.17, 15) is 4.79 Å². The number of hydrogen-bond acceptors (Lipinski definition) is 4. The first-order valence-corrected chi connectivity index (χ1v) is 12.4. The van der Waals surface area contributed by atoms with Crippen molar-refractivity contribution in [1.82, 2.24) is 9.97 Å². The van der Waals surface area contributed by atoms with Gasteiger partial charge >= 0.3 is 0 Å². The quantitative estimate of drug-likeness (QED) is 0.769. The van der Waals surface area contributed by atoms with Gasteiger partial charge in [0.15, 0.2) is 8.32 Å². The van der Waals surface area contributed by atoms with Crippen molar-refractivity contribution in [2.75, 3.05) is 25.1 Å². The van der Waals surface area contributed by atoms with E-state index in [2.05, 4.69) is 48.7 Å². The van der Waals surface area contributed by atoms with Gasteiger partial charge in [-0.2, -0.15) is 0 Å². The summed E-state index contributed by atoms with van der Waals surface area (Å²) in [5.74, 6) is 1.27. The van der Waals surface area contributed by atoms with E-state index in [-0.39, 0.29) is 10.6 Å². The number of benzene rings is 1. The van der Waals surface area contributed by atoms with Gasteiger partial charge in [0, 0.05) is 19.5 Å². The molecule has 3 rings (SSSR count). The van der Waals surface area contributed by atoms with Crippen molar-refractivity contribution in [3.05, 3.63) is 34.4 Å². The van der Waals surface area contributed by atoms with E-state index in [0.717, 1.165) is 36.4 Å². The zero-order valence-corrected chi connectivity index (χ0v) is 17.8. The van der Waals surface area contributed by atoms with Crippen molar-refractivity contribution in [3.63, 3.8) is 0 Å². The van der Waals surface area contributed by atoms with E-state index in [1.165, 1.54) is 0 Å². The highest BCUT2D eigenvalue weighted by Crippen LogP contribution is 2.38. The van der Waals surface area contributed by atoms with Crippen LogP contribution in [-0.2, 0) is 4.43 Å². The van der Waals surface area contributed by atoms with Gasteiger partial charge in [0.1, 0.15) is 5.82 Å². The first-order valence-electron chi connectivity index (χ1n) is 9.48. The minimum Gasteiger partial charge on any atom is -0.415 e. The number of hydrogen-bond donors (Lipinski definition) is 1. The molecule has 6 heteroatoms. The number of likely N-dealkylation sites (N-methyl/N-ethyl adjacent to an activating group) is 1. The molecule has 0 bridgehead atoms. The second-order valence-corrected chi connectivity index (χ2v) is 13.7. The summed E-state index contributed by atoms with van der Waals surface area (Å²) in [6, 6.07) is 5.90. The van der Waals surface area contributed by atoms with E-state index in [1.807, 2.05) is 25.2 Å². The maximum absolute atomic E-state index is 12.7. The number of aromatic amines is 1. The Labute approximate surface area is 156 Å². The summed E-state index contributed by atoms with van der Waals surface area (Å²) in [4.78, 5) is 22.5. The molecule has 0 aliphatic heterocycles. The third kappa shape index (κ3) is 3.86. The van der Waals surface area contributed by atoms with Crippen molar-refractivity contribution >= 4 is 24.9 Å². The van der Waals surface area contributed by atoms with E-state index in [0.29, 0.717) is 17.9 Å². The number of aromatic nitrogens is 2. The fourth-order valence-corrected chi connectivity index (χ4v) is 3.87. The summed E-state index contributed by atoms with van der Waals surface area (Å²) in [6.45, 7) is 12.7. The number of nitrogens with one attached hydrogen (secondary N) is 1. The number of anilines is 1. The van der Waals surface area contributed by atoms with Crippen LogP contribution in [0.2, 0.25) is 18.1 Å². The minimum absolute atomic E-state index is 0.0373. The van der Waals surface area contributed by atoms with Crippen molar-refractivity contribution in [2.45, 2.75) is 57.7 Å². The highest BCUT2D eigenvalue weighted by Gasteiger charge is 2.37. The van der Waals surface area contributed by atoms with Crippen LogP contribution in [0.4, 0.5) is 5.69 Å². The van der Waals surface area contributed by atoms with Crippen LogP contribution in [-0.4, -0.2) is 38.5 Å². The molecule has 1 aromatic carbocycles. The lowest BCUT2D eigenvalue weighted by Gasteiger charge is -2.36. The van der Waals surface area contributed by atoms with Crippen LogP contribution < -0.4 is 10.5 Å². The molecule has 1 aliphatic carbocycles. The van der Waals surface area contributed by atoms with Gasteiger partial charge in [-0.25, -0.2) is 4.98 Å². The molecular formula is C20H31N3O2Si. The molecule has 26 heavy (non-hydrogen) atoms. The fourth-order valence-electron chi connectivity index (χ4n) is 2.83. The molecule has 142 valence electrons. The van der Waals surface area contributed by atoms with Crippen LogP contribution in [0.15, 0.2) is 23.0 Å². The Bertz CT molecular complexity index is 850. The summed E-state index contributed by atoms with van der Waals surface area (Å²) in [5.41, 5.74) is 1.66. The van der Waals surface area contributed by atoms with Crippen LogP contribution in [0.5, 0.6) is 0 Å². The van der Waals surface area contributed by atoms with Crippen molar-refractivity contribution in [1.29, 1.82) is 0 Å². The molecular weight excluding hydrogens is 342 g/mol. The highest BCUT2D eigenvalue weighted by molar-refractivity contribution is 6.74. The standard InChI is InChI=1S/C20H31N3O2Si/c1-20(2,3)26(5,6)25-13-12-23(4)16-9-7-8-15-17(16)19(24)22-18(21-15)14-10-11-14/h7-9,14H,10-13H2,1-6H3,(H,21,22,24). The van der Waals surface area contributed by atoms with Crippen LogP contribution in [0.3, 0.4) is 0 Å². The highest BCUT2D eigenvalue weighted by atomic mass is 28.4. The van der Waals surface area contributed by atoms with Crippen molar-refractivity contribution in [3.8, 4) is 0 Å². The molecule has 0 radical (unpaired) electrons. The number of nitrogens with zero attached hydrogens (tertiary/aromatic N) is 2. The van der Waals surface area contributed by atoms with Gasteiger partial charge in [-0.3, -0.25) is 4.79 Å². The van der Waals surface area contributed by atoms with E-state index in [1.54, 1.807) is 0 Å². The Kier molecular flexibility index (Phi) is 5.01. The Balaban J connectivity index is 1.78. The molecule has 0 spiro atoms. The minimum atomic E-state index is -1.76. The Morgan fingerprint density at radius 3 is 2.62 bits per heavy atom. The number of rotatable bonds is 6. The zero-order valence-electron chi connectivity index (χ0n) is 16.8. The smallest absolute Gasteiger partial charge is 0.260 e. The fraction of sp³-hybridized carbons (Fsp3) is 0.600. The maximum atomic E-state index is 12.7. The maximum Gasteiger partial charge on any atom is 0.260 e. The van der Waals surface area contributed by atoms with Gasteiger partial charge in [-0.1, -0.05) is 26.8 Å². The average molecular weight is 374 g/mol. The zero-order chi connectivity index (χ0) is 19.1. The lowest BCUT2D eigenvalue weighted by atomic mass is 10.2. The van der Waals surface area contributed by atoms with E-state index < -0.39 is 8.32 Å². The molecule has 5 nitrogen and oxygen atoms in total. The first-order chi connectivity index (χ1) is 12.1. The predicted octanol–water partition coefficient (Wildman–Crippen LogP) is 4.26. The largest absolute Gasteiger partial charge is 0.415 e. The van der Waals surface area contributed by atoms with Gasteiger partial charge < -0.3 is 14.3 Å². The Morgan fingerprint density at radius 2 is 2.00 bits per heavy atom. The summed E-state index contributed by atoms with van der Waals surface area (Å²) >= 11 is 0. The van der Waals surface area contributed by atoms with Gasteiger partial charge in [-0.15, -0.1) is 0 Å². The summed E-state index contributed by atoms with van der Waals surface area (Å²) in [7, 11) is 0.255. The van der Waals surface area contributed by atoms with Crippen molar-refractivity contribution in [2.24, 2.45) is 0 Å². The molecule has 1 aliphatic rings. The molecule has 0 amide bonds. The third-order valence-corrected chi connectivity index (χ3v) is 10.3. The predicted molar refractivity (Wildman–Crippen MR) is 111 cm³/mol. The molecule has 1 N–H and O–H groups in total. The molecule has 1 fully saturated rings. The van der Waals surface area contributed by atoms with Crippen LogP contribution >= 0.6 is 0 Å². The van der Waals surface area contributed by atoms with Crippen LogP contribution in [0.25, 0.3) is 10.9 Å². The molecule has 1 aromatic heterocycles. The second-order valence-electron chi connectivity index (χ2n) is 8.93. The van der Waals surface area contributed by atoms with Gasteiger partial charge in [0.2, 0.25) is 0 Å². The van der Waals surface area contributed by atoms with Crippen LogP contribution in [0, 0.1) is 0 Å². The van der Waals surface area contributed by atoms with Gasteiger partial charge in [0.25, 0.3) is 5.56 Å². The SMILES string of the molecule is CN(CCO[Si](C)(C)C(C)(C)C)c1cccc2nc(C3CC3)[nH]c(=O)c12. The Hall–Kier alpha value is -1.66. The Morgan fingerprint density at radius 1 is 1.31 bits per heavy atom. The lowest BCUT2D eigenvalue weighted by molar-refractivity contribution is 0.296. The molecule has 0 saturated heterocycles.